The van der Waals surface area contributed by atoms with E-state index in [1.165, 1.54) is 0 Å². The Labute approximate surface area is 156 Å². The van der Waals surface area contributed by atoms with Gasteiger partial charge < -0.3 is 4.90 Å². The van der Waals surface area contributed by atoms with E-state index in [0.717, 1.165) is 53.3 Å². The summed E-state index contributed by atoms with van der Waals surface area (Å²) in [7, 11) is 0. The molecule has 0 radical (unpaired) electrons. The first-order valence-electron chi connectivity index (χ1n) is 8.58. The number of amides is 1. The summed E-state index contributed by atoms with van der Waals surface area (Å²) in [6.07, 6.45) is 4.35. The zero-order chi connectivity index (χ0) is 18.0. The molecule has 0 aliphatic carbocycles. The van der Waals surface area contributed by atoms with Crippen molar-refractivity contribution in [3.63, 3.8) is 0 Å². The molecule has 1 saturated heterocycles. The van der Waals surface area contributed by atoms with Crippen molar-refractivity contribution in [2.75, 3.05) is 13.1 Å². The molecule has 0 atom stereocenters. The van der Waals surface area contributed by atoms with E-state index in [4.69, 9.17) is 9.78 Å². The minimum Gasteiger partial charge on any atom is -0.305 e. The number of likely N-dealkylation sites (tertiary alicyclic amines) is 1. The Balaban J connectivity index is 1.86. The van der Waals surface area contributed by atoms with Crippen LogP contribution >= 0.6 is 15.9 Å². The number of aromatic nitrogens is 1. The zero-order valence-corrected chi connectivity index (χ0v) is 16.4. The predicted octanol–water partition coefficient (Wildman–Crippen LogP) is 5.21. The fourth-order valence-electron chi connectivity index (χ4n) is 3.06. The first-order valence-corrected chi connectivity index (χ1v) is 9.38. The van der Waals surface area contributed by atoms with E-state index >= 15 is 0 Å². The van der Waals surface area contributed by atoms with Crippen LogP contribution in [0.3, 0.4) is 0 Å². The maximum absolute atomic E-state index is 12.1. The number of pyridine rings is 1. The van der Waals surface area contributed by atoms with Gasteiger partial charge in [0.1, 0.15) is 0 Å². The molecule has 0 unspecified atom stereocenters. The number of benzene rings is 1. The number of carbonyl (C=O) groups is 1. The molecule has 1 aromatic heterocycles. The maximum Gasteiger partial charge on any atom is 0.452 e. The number of piperidine rings is 1. The van der Waals surface area contributed by atoms with Crippen LogP contribution in [0.5, 0.6) is 5.75 Å². The van der Waals surface area contributed by atoms with Gasteiger partial charge in [0.25, 0.3) is 0 Å². The van der Waals surface area contributed by atoms with Crippen LogP contribution in [0.1, 0.15) is 45.7 Å². The summed E-state index contributed by atoms with van der Waals surface area (Å²) in [5.41, 5.74) is 0.874. The number of hydrogen-bond donors (Lipinski definition) is 0. The number of carbonyl (C=O) groups excluding carboxylic acids is 1. The van der Waals surface area contributed by atoms with Crippen LogP contribution in [0.2, 0.25) is 0 Å². The molecule has 134 valence electrons. The predicted molar refractivity (Wildman–Crippen MR) is 101 cm³/mol. The summed E-state index contributed by atoms with van der Waals surface area (Å²) in [6.45, 7) is 7.79. The fraction of sp³-hybridized carbons (Fsp3) is 0.474. The third kappa shape index (κ3) is 4.06. The van der Waals surface area contributed by atoms with Gasteiger partial charge in [-0.15, -0.1) is 0 Å². The SMILES string of the molecule is CC(C)(C)c1ncc(OOC(=O)N2CCCCC2)c2cc(Br)ccc12. The molecule has 6 heteroatoms. The molecule has 2 aromatic rings. The van der Waals surface area contributed by atoms with E-state index in [1.807, 2.05) is 18.2 Å². The fourth-order valence-corrected chi connectivity index (χ4v) is 3.42. The lowest BCUT2D eigenvalue weighted by molar-refractivity contribution is -0.153. The Hall–Kier alpha value is -1.82. The second-order valence-electron chi connectivity index (χ2n) is 7.39. The van der Waals surface area contributed by atoms with Gasteiger partial charge in [-0.3, -0.25) is 9.87 Å². The van der Waals surface area contributed by atoms with Crippen LogP contribution in [0.25, 0.3) is 10.8 Å². The first kappa shape index (κ1) is 18.0. The van der Waals surface area contributed by atoms with Gasteiger partial charge in [0.2, 0.25) is 5.75 Å². The lowest BCUT2D eigenvalue weighted by Crippen LogP contribution is -2.36. The minimum atomic E-state index is -0.442. The second-order valence-corrected chi connectivity index (χ2v) is 8.31. The van der Waals surface area contributed by atoms with E-state index in [-0.39, 0.29) is 5.41 Å². The van der Waals surface area contributed by atoms with Gasteiger partial charge in [0, 0.05) is 33.7 Å². The van der Waals surface area contributed by atoms with Crippen LogP contribution in [0.15, 0.2) is 28.9 Å². The average molecular weight is 407 g/mol. The summed E-state index contributed by atoms with van der Waals surface area (Å²) < 4.78 is 0.929. The Morgan fingerprint density at radius 2 is 1.88 bits per heavy atom. The van der Waals surface area contributed by atoms with E-state index in [0.29, 0.717) is 5.75 Å². The molecule has 2 heterocycles. The van der Waals surface area contributed by atoms with Crippen molar-refractivity contribution in [2.45, 2.75) is 45.4 Å². The third-order valence-electron chi connectivity index (χ3n) is 4.34. The van der Waals surface area contributed by atoms with E-state index < -0.39 is 6.09 Å². The van der Waals surface area contributed by atoms with Gasteiger partial charge in [0.15, 0.2) is 0 Å². The van der Waals surface area contributed by atoms with Crippen LogP contribution in [-0.4, -0.2) is 29.1 Å². The highest BCUT2D eigenvalue weighted by atomic mass is 79.9. The van der Waals surface area contributed by atoms with Crippen molar-refractivity contribution >= 4 is 32.8 Å². The largest absolute Gasteiger partial charge is 0.452 e. The van der Waals surface area contributed by atoms with Gasteiger partial charge in [-0.05, 0) is 31.4 Å². The molecule has 1 aliphatic rings. The Morgan fingerprint density at radius 1 is 1.16 bits per heavy atom. The number of rotatable bonds is 2. The van der Waals surface area contributed by atoms with E-state index in [9.17, 15) is 4.79 Å². The van der Waals surface area contributed by atoms with Crippen LogP contribution in [0.4, 0.5) is 4.79 Å². The quantitative estimate of drug-likeness (QED) is 0.507. The van der Waals surface area contributed by atoms with Gasteiger partial charge in [-0.2, -0.15) is 0 Å². The van der Waals surface area contributed by atoms with Crippen molar-refractivity contribution in [2.24, 2.45) is 0 Å². The maximum atomic E-state index is 12.1. The molecule has 25 heavy (non-hydrogen) atoms. The van der Waals surface area contributed by atoms with Gasteiger partial charge >= 0.3 is 6.09 Å². The number of hydrogen-bond acceptors (Lipinski definition) is 4. The molecule has 1 aliphatic heterocycles. The monoisotopic (exact) mass is 406 g/mol. The molecule has 1 amide bonds. The lowest BCUT2D eigenvalue weighted by atomic mass is 9.88. The summed E-state index contributed by atoms with van der Waals surface area (Å²) in [6, 6.07) is 5.94. The van der Waals surface area contributed by atoms with Crippen molar-refractivity contribution in [1.29, 1.82) is 0 Å². The summed E-state index contributed by atoms with van der Waals surface area (Å²) in [5.74, 6) is 0.439. The number of halogens is 1. The highest BCUT2D eigenvalue weighted by Gasteiger charge is 2.23. The molecule has 0 N–H and O–H groups in total. The Morgan fingerprint density at radius 3 is 2.56 bits per heavy atom. The smallest absolute Gasteiger partial charge is 0.305 e. The van der Waals surface area contributed by atoms with Gasteiger partial charge in [0.05, 0.1) is 11.9 Å². The Kier molecular flexibility index (Phi) is 5.18. The van der Waals surface area contributed by atoms with Gasteiger partial charge in [-0.1, -0.05) is 42.8 Å². The molecule has 1 fully saturated rings. The minimum absolute atomic E-state index is 0.102. The van der Waals surface area contributed by atoms with Crippen molar-refractivity contribution in [3.05, 3.63) is 34.6 Å². The highest BCUT2D eigenvalue weighted by Crippen LogP contribution is 2.34. The van der Waals surface area contributed by atoms with Crippen molar-refractivity contribution in [3.8, 4) is 5.75 Å². The molecule has 5 nitrogen and oxygen atoms in total. The number of nitrogens with zero attached hydrogens (tertiary/aromatic N) is 2. The molecular weight excluding hydrogens is 384 g/mol. The van der Waals surface area contributed by atoms with Crippen LogP contribution < -0.4 is 4.89 Å². The van der Waals surface area contributed by atoms with Crippen molar-refractivity contribution in [1.82, 2.24) is 9.88 Å². The molecule has 0 spiro atoms. The van der Waals surface area contributed by atoms with E-state index in [2.05, 4.69) is 41.7 Å². The topological polar surface area (TPSA) is 51.7 Å². The van der Waals surface area contributed by atoms with Crippen LogP contribution in [-0.2, 0) is 10.3 Å². The summed E-state index contributed by atoms with van der Waals surface area (Å²) in [5, 5.41) is 1.85. The average Bonchev–Trinajstić information content (AvgIpc) is 2.59. The third-order valence-corrected chi connectivity index (χ3v) is 4.83. The molecule has 3 rings (SSSR count). The second kappa shape index (κ2) is 7.20. The van der Waals surface area contributed by atoms with E-state index in [1.54, 1.807) is 11.1 Å². The highest BCUT2D eigenvalue weighted by molar-refractivity contribution is 9.10. The zero-order valence-electron chi connectivity index (χ0n) is 14.8. The summed E-state index contributed by atoms with van der Waals surface area (Å²) in [4.78, 5) is 28.8. The van der Waals surface area contributed by atoms with Crippen molar-refractivity contribution < 1.29 is 14.6 Å². The summed E-state index contributed by atoms with van der Waals surface area (Å²) >= 11 is 3.49. The van der Waals surface area contributed by atoms with Gasteiger partial charge in [-0.25, -0.2) is 9.68 Å². The molecule has 1 aromatic carbocycles. The Bertz CT molecular complexity index is 780. The molecule has 0 saturated carbocycles. The standard InChI is InChI=1S/C19H23BrN2O3/c1-19(2,3)17-14-8-7-13(20)11-15(14)16(12-21-17)24-25-18(23)22-9-5-4-6-10-22/h7-8,11-12H,4-6,9-10H2,1-3H3. The molecular formula is C19H23BrN2O3. The lowest BCUT2D eigenvalue weighted by Gasteiger charge is -2.25. The first-order chi connectivity index (χ1) is 11.9. The normalized spacial score (nSPS) is 15.3. The van der Waals surface area contributed by atoms with Crippen LogP contribution in [0, 0.1) is 0 Å². The number of fused-ring (bicyclic) bond motifs is 1. The molecule has 0 bridgehead atoms.